The van der Waals surface area contributed by atoms with Crippen LogP contribution in [0.15, 0.2) is 40.7 Å². The van der Waals surface area contributed by atoms with E-state index in [2.05, 4.69) is 5.32 Å². The molecule has 1 aliphatic heterocycles. The Balaban J connectivity index is 2.49. The van der Waals surface area contributed by atoms with Crippen LogP contribution in [0, 0.1) is 17.1 Å². The van der Waals surface area contributed by atoms with Crippen LogP contribution in [0.4, 0.5) is 17.6 Å². The average Bonchev–Trinajstić information content (AvgIpc) is 2.63. The summed E-state index contributed by atoms with van der Waals surface area (Å²) in [6.45, 7) is 1.62. The molecule has 4 nitrogen and oxygen atoms in total. The van der Waals surface area contributed by atoms with Crippen LogP contribution in [0.25, 0.3) is 0 Å². The zero-order chi connectivity index (χ0) is 21.8. The highest BCUT2D eigenvalue weighted by molar-refractivity contribution is 6.31. The van der Waals surface area contributed by atoms with Crippen molar-refractivity contribution in [3.63, 3.8) is 0 Å². The van der Waals surface area contributed by atoms with Crippen LogP contribution in [-0.2, 0) is 9.53 Å². The fraction of sp³-hybridized carbons (Fsp3) is 0.400. The van der Waals surface area contributed by atoms with Crippen molar-refractivity contribution in [2.24, 2.45) is 0 Å². The summed E-state index contributed by atoms with van der Waals surface area (Å²) < 4.78 is 55.6. The van der Waals surface area contributed by atoms with Gasteiger partial charge in [-0.25, -0.2) is 9.18 Å². The van der Waals surface area contributed by atoms with Gasteiger partial charge in [-0.05, 0) is 43.9 Å². The van der Waals surface area contributed by atoms with Gasteiger partial charge < -0.3 is 10.1 Å². The van der Waals surface area contributed by atoms with Gasteiger partial charge in [-0.15, -0.1) is 0 Å². The number of dihydropyridines is 1. The van der Waals surface area contributed by atoms with Gasteiger partial charge in [-0.1, -0.05) is 17.7 Å². The number of methoxy groups -OCH3 is 1. The number of hydrogen-bond acceptors (Lipinski definition) is 4. The van der Waals surface area contributed by atoms with Crippen molar-refractivity contribution in [3.8, 4) is 6.07 Å². The minimum absolute atomic E-state index is 0.0234. The molecule has 29 heavy (non-hydrogen) atoms. The maximum atomic E-state index is 13.5. The third-order valence-corrected chi connectivity index (χ3v) is 4.91. The number of rotatable bonds is 6. The van der Waals surface area contributed by atoms with Crippen LogP contribution in [0.1, 0.15) is 44.1 Å². The van der Waals surface area contributed by atoms with E-state index >= 15 is 0 Å². The van der Waals surface area contributed by atoms with Gasteiger partial charge in [0.25, 0.3) is 0 Å². The number of nitrogens with zero attached hydrogens (tertiary/aromatic N) is 1. The summed E-state index contributed by atoms with van der Waals surface area (Å²) in [7, 11) is 1.16. The van der Waals surface area contributed by atoms with E-state index in [9.17, 15) is 27.6 Å². The molecule has 0 aliphatic carbocycles. The van der Waals surface area contributed by atoms with E-state index in [0.29, 0.717) is 17.0 Å². The first-order valence-electron chi connectivity index (χ1n) is 8.80. The molecule has 0 fully saturated rings. The maximum absolute atomic E-state index is 13.5. The van der Waals surface area contributed by atoms with Crippen LogP contribution >= 0.6 is 11.6 Å². The van der Waals surface area contributed by atoms with Crippen LogP contribution in [0.5, 0.6) is 0 Å². The summed E-state index contributed by atoms with van der Waals surface area (Å²) in [6.07, 6.45) is -4.99. The van der Waals surface area contributed by atoms with Crippen molar-refractivity contribution in [2.45, 2.75) is 44.7 Å². The lowest BCUT2D eigenvalue weighted by atomic mass is 9.80. The maximum Gasteiger partial charge on any atom is 0.389 e. The van der Waals surface area contributed by atoms with Gasteiger partial charge in [0, 0.05) is 22.8 Å². The Bertz CT molecular complexity index is 901. The van der Waals surface area contributed by atoms with E-state index in [-0.39, 0.29) is 35.4 Å². The topological polar surface area (TPSA) is 62.1 Å². The highest BCUT2D eigenvalue weighted by atomic mass is 35.5. The number of hydrogen-bond donors (Lipinski definition) is 1. The predicted molar refractivity (Wildman–Crippen MR) is 99.2 cm³/mol. The van der Waals surface area contributed by atoms with Gasteiger partial charge >= 0.3 is 12.1 Å². The number of allylic oxidation sites excluding steroid dienone is 3. The van der Waals surface area contributed by atoms with E-state index in [0.717, 1.165) is 19.2 Å². The molecule has 0 spiro atoms. The highest BCUT2D eigenvalue weighted by Gasteiger charge is 2.36. The summed E-state index contributed by atoms with van der Waals surface area (Å²) in [5.74, 6) is -2.24. The number of nitriles is 1. The van der Waals surface area contributed by atoms with Gasteiger partial charge in [0.15, 0.2) is 0 Å². The van der Waals surface area contributed by atoms with Crippen molar-refractivity contribution in [1.29, 1.82) is 5.26 Å². The Morgan fingerprint density at radius 1 is 1.34 bits per heavy atom. The fourth-order valence-electron chi connectivity index (χ4n) is 3.27. The number of alkyl halides is 3. The van der Waals surface area contributed by atoms with Gasteiger partial charge in [-0.3, -0.25) is 0 Å². The summed E-state index contributed by atoms with van der Waals surface area (Å²) in [5.41, 5.74) is 1.41. The molecule has 1 heterocycles. The van der Waals surface area contributed by atoms with Crippen LogP contribution in [0.3, 0.4) is 0 Å². The van der Waals surface area contributed by atoms with Crippen LogP contribution in [0.2, 0.25) is 5.02 Å². The Kier molecular flexibility index (Phi) is 7.31. The van der Waals surface area contributed by atoms with E-state index in [4.69, 9.17) is 16.3 Å². The van der Waals surface area contributed by atoms with Crippen LogP contribution in [-0.4, -0.2) is 19.3 Å². The number of halogens is 5. The van der Waals surface area contributed by atoms with Gasteiger partial charge in [0.2, 0.25) is 0 Å². The molecule has 0 saturated heterocycles. The predicted octanol–water partition coefficient (Wildman–Crippen LogP) is 5.51. The lowest BCUT2D eigenvalue weighted by Gasteiger charge is -2.30. The van der Waals surface area contributed by atoms with Crippen molar-refractivity contribution < 1.29 is 27.1 Å². The van der Waals surface area contributed by atoms with Gasteiger partial charge in [0.05, 0.1) is 30.2 Å². The second-order valence-electron chi connectivity index (χ2n) is 6.58. The van der Waals surface area contributed by atoms with E-state index in [1.54, 1.807) is 6.92 Å². The lowest BCUT2D eigenvalue weighted by molar-refractivity contribution is -0.137. The van der Waals surface area contributed by atoms with Gasteiger partial charge in [0.1, 0.15) is 5.82 Å². The Hall–Kier alpha value is -2.53. The molecule has 0 radical (unpaired) electrons. The number of esters is 1. The van der Waals surface area contributed by atoms with Crippen LogP contribution < -0.4 is 5.32 Å². The second-order valence-corrected chi connectivity index (χ2v) is 6.99. The summed E-state index contributed by atoms with van der Waals surface area (Å²) >= 11 is 6.18. The Labute approximate surface area is 170 Å². The van der Waals surface area contributed by atoms with E-state index < -0.39 is 30.3 Å². The molecular weight excluding hydrogens is 412 g/mol. The minimum atomic E-state index is -4.26. The molecule has 156 valence electrons. The molecule has 1 unspecified atom stereocenters. The average molecular weight is 431 g/mol. The molecule has 1 aliphatic rings. The monoisotopic (exact) mass is 430 g/mol. The lowest BCUT2D eigenvalue weighted by Crippen LogP contribution is -2.29. The molecule has 0 bridgehead atoms. The number of carbonyl (C=O) groups excluding carboxylic acids is 1. The van der Waals surface area contributed by atoms with Crippen molar-refractivity contribution in [1.82, 2.24) is 5.32 Å². The van der Waals surface area contributed by atoms with E-state index in [1.807, 2.05) is 6.07 Å². The number of benzene rings is 1. The zero-order valence-electron chi connectivity index (χ0n) is 15.8. The first-order valence-corrected chi connectivity index (χ1v) is 9.17. The zero-order valence-corrected chi connectivity index (χ0v) is 16.5. The Morgan fingerprint density at radius 2 is 2.03 bits per heavy atom. The second kappa shape index (κ2) is 9.31. The van der Waals surface area contributed by atoms with Crippen molar-refractivity contribution >= 4 is 17.6 Å². The SMILES string of the molecule is COC(=O)C1=C(CCCCC(F)(F)F)NC(C)=C(C#N)C1c1ccc(F)cc1Cl. The third-order valence-electron chi connectivity index (χ3n) is 4.58. The summed E-state index contributed by atoms with van der Waals surface area (Å²) in [5, 5.41) is 12.6. The molecule has 1 aromatic carbocycles. The molecule has 0 aromatic heterocycles. The molecular formula is C20H19ClF4N2O2. The molecule has 1 N–H and O–H groups in total. The highest BCUT2D eigenvalue weighted by Crippen LogP contribution is 2.42. The summed E-state index contributed by atoms with van der Waals surface area (Å²) in [4.78, 5) is 12.6. The van der Waals surface area contributed by atoms with Crippen molar-refractivity contribution in [2.75, 3.05) is 7.11 Å². The number of ether oxygens (including phenoxy) is 1. The number of carbonyl (C=O) groups is 1. The molecule has 1 aromatic rings. The van der Waals surface area contributed by atoms with Gasteiger partial charge in [-0.2, -0.15) is 18.4 Å². The fourth-order valence-corrected chi connectivity index (χ4v) is 3.54. The summed E-state index contributed by atoms with van der Waals surface area (Å²) in [6, 6.07) is 5.64. The normalized spacial score (nSPS) is 17.1. The Morgan fingerprint density at radius 3 is 2.59 bits per heavy atom. The first-order chi connectivity index (χ1) is 13.6. The molecule has 2 rings (SSSR count). The smallest absolute Gasteiger partial charge is 0.389 e. The first kappa shape index (κ1) is 22.8. The number of nitrogens with one attached hydrogen (secondary N) is 1. The molecule has 9 heteroatoms. The molecule has 1 atom stereocenters. The third kappa shape index (κ3) is 5.51. The minimum Gasteiger partial charge on any atom is -0.466 e. The number of unbranched alkanes of at least 4 members (excludes halogenated alkanes) is 1. The molecule has 0 amide bonds. The van der Waals surface area contributed by atoms with E-state index in [1.165, 1.54) is 6.07 Å². The largest absolute Gasteiger partial charge is 0.466 e. The quantitative estimate of drug-likeness (QED) is 0.367. The van der Waals surface area contributed by atoms with Crippen molar-refractivity contribution in [3.05, 3.63) is 57.1 Å². The molecule has 0 saturated carbocycles. The standard InChI is InChI=1S/C20H19ClF4N2O2/c1-11-14(10-26)17(13-7-6-12(22)9-15(13)21)18(19(28)29-2)16(27-11)5-3-4-8-20(23,24)25/h6-7,9,17,27H,3-5,8H2,1-2H3.